The van der Waals surface area contributed by atoms with Crippen molar-refractivity contribution >= 4 is 17.6 Å². The number of halogens is 2. The molecule has 1 amide bonds. The van der Waals surface area contributed by atoms with Crippen LogP contribution in [-0.4, -0.2) is 42.8 Å². The molecule has 25 heavy (non-hydrogen) atoms. The minimum absolute atomic E-state index is 0.0649. The van der Waals surface area contributed by atoms with E-state index in [2.05, 4.69) is 4.74 Å². The molecule has 0 aromatic heterocycles. The van der Waals surface area contributed by atoms with Crippen molar-refractivity contribution in [1.29, 1.82) is 0 Å². The third-order valence-electron chi connectivity index (χ3n) is 3.63. The average Bonchev–Trinajstić information content (AvgIpc) is 2.53. The van der Waals surface area contributed by atoms with Crippen LogP contribution in [0.1, 0.15) is 43.1 Å². The van der Waals surface area contributed by atoms with Crippen LogP contribution in [0, 0.1) is 11.6 Å². The molecule has 0 aliphatic carbocycles. The highest BCUT2D eigenvalue weighted by Gasteiger charge is 2.28. The van der Waals surface area contributed by atoms with Crippen LogP contribution >= 0.6 is 0 Å². The van der Waals surface area contributed by atoms with Gasteiger partial charge in [-0.05, 0) is 44.9 Å². The van der Waals surface area contributed by atoms with E-state index in [1.165, 1.54) is 11.0 Å². The lowest BCUT2D eigenvalue weighted by atomic mass is 9.98. The molecule has 7 heteroatoms. The van der Waals surface area contributed by atoms with Crippen LogP contribution in [0.3, 0.4) is 0 Å². The number of carbonyl (C=O) groups excluding carboxylic acids is 2. The van der Waals surface area contributed by atoms with E-state index in [0.29, 0.717) is 18.5 Å². The van der Waals surface area contributed by atoms with E-state index in [0.717, 1.165) is 13.2 Å². The molecule has 1 aliphatic rings. The van der Waals surface area contributed by atoms with E-state index in [9.17, 15) is 18.4 Å². The lowest BCUT2D eigenvalue weighted by molar-refractivity contribution is 0.0272. The van der Waals surface area contributed by atoms with Gasteiger partial charge in [0.1, 0.15) is 22.8 Å². The number of benzene rings is 1. The number of hydrogen-bond acceptors (Lipinski definition) is 4. The molecule has 0 radical (unpaired) electrons. The minimum Gasteiger partial charge on any atom is -0.465 e. The maximum atomic E-state index is 14.6. The van der Waals surface area contributed by atoms with Crippen LogP contribution in [0.15, 0.2) is 18.2 Å². The van der Waals surface area contributed by atoms with E-state index < -0.39 is 34.9 Å². The summed E-state index contributed by atoms with van der Waals surface area (Å²) in [6, 6.07) is 2.26. The molecule has 0 N–H and O–H groups in total. The molecule has 0 bridgehead atoms. The fourth-order valence-corrected chi connectivity index (χ4v) is 2.51. The van der Waals surface area contributed by atoms with Crippen LogP contribution < -0.4 is 0 Å². The first kappa shape index (κ1) is 18.9. The van der Waals surface area contributed by atoms with Crippen molar-refractivity contribution in [3.63, 3.8) is 0 Å². The minimum atomic E-state index is -1.09. The molecule has 1 aromatic carbocycles. The van der Waals surface area contributed by atoms with Crippen molar-refractivity contribution in [3.05, 3.63) is 41.0 Å². The number of nitrogens with zero attached hydrogens (tertiary/aromatic N) is 1. The van der Waals surface area contributed by atoms with Gasteiger partial charge in [0.2, 0.25) is 0 Å². The Morgan fingerprint density at radius 2 is 1.88 bits per heavy atom. The zero-order valence-electron chi connectivity index (χ0n) is 14.7. The summed E-state index contributed by atoms with van der Waals surface area (Å²) in [5.41, 5.74) is -0.831. The Labute approximate surface area is 145 Å². The molecule has 136 valence electrons. The average molecular weight is 353 g/mol. The predicted octanol–water partition coefficient (Wildman–Crippen LogP) is 3.78. The molecule has 1 aliphatic heterocycles. The number of esters is 1. The fourth-order valence-electron chi connectivity index (χ4n) is 2.51. The monoisotopic (exact) mass is 353 g/mol. The molecule has 0 saturated carbocycles. The predicted molar refractivity (Wildman–Crippen MR) is 88.1 cm³/mol. The smallest absolute Gasteiger partial charge is 0.410 e. The molecule has 5 nitrogen and oxygen atoms in total. The van der Waals surface area contributed by atoms with E-state index in [1.54, 1.807) is 26.8 Å². The summed E-state index contributed by atoms with van der Waals surface area (Å²) in [6.07, 6.45) is 1.76. The number of hydrogen-bond donors (Lipinski definition) is 0. The van der Waals surface area contributed by atoms with Crippen molar-refractivity contribution < 1.29 is 27.8 Å². The molecule has 1 aromatic rings. The lowest BCUT2D eigenvalue weighted by Gasteiger charge is -2.30. The highest BCUT2D eigenvalue weighted by Crippen LogP contribution is 2.27. The van der Waals surface area contributed by atoms with Gasteiger partial charge in [-0.25, -0.2) is 18.4 Å². The van der Waals surface area contributed by atoms with Crippen LogP contribution in [0.2, 0.25) is 0 Å². The van der Waals surface area contributed by atoms with Crippen LogP contribution in [0.4, 0.5) is 13.6 Å². The normalized spacial score (nSPS) is 14.8. The van der Waals surface area contributed by atoms with Gasteiger partial charge in [0.25, 0.3) is 0 Å². The maximum absolute atomic E-state index is 14.6. The molecule has 0 fully saturated rings. The van der Waals surface area contributed by atoms with Crippen molar-refractivity contribution in [2.75, 3.05) is 20.2 Å². The third-order valence-corrected chi connectivity index (χ3v) is 3.63. The second kappa shape index (κ2) is 7.21. The van der Waals surface area contributed by atoms with E-state index in [-0.39, 0.29) is 12.1 Å². The van der Waals surface area contributed by atoms with Gasteiger partial charge < -0.3 is 14.4 Å². The van der Waals surface area contributed by atoms with Gasteiger partial charge in [0.05, 0.1) is 7.11 Å². The second-order valence-corrected chi connectivity index (χ2v) is 6.70. The van der Waals surface area contributed by atoms with Gasteiger partial charge in [-0.1, -0.05) is 6.08 Å². The second-order valence-electron chi connectivity index (χ2n) is 6.70. The largest absolute Gasteiger partial charge is 0.465 e. The van der Waals surface area contributed by atoms with Crippen molar-refractivity contribution in [2.24, 2.45) is 0 Å². The van der Waals surface area contributed by atoms with Gasteiger partial charge >= 0.3 is 12.1 Å². The first-order chi connectivity index (χ1) is 11.6. The topological polar surface area (TPSA) is 55.8 Å². The van der Waals surface area contributed by atoms with Crippen LogP contribution in [0.25, 0.3) is 5.57 Å². The molecular formula is C18H21F2NO4. The Hall–Kier alpha value is -2.44. The Morgan fingerprint density at radius 1 is 1.20 bits per heavy atom. The number of carbonyl (C=O) groups is 2. The Kier molecular flexibility index (Phi) is 5.45. The van der Waals surface area contributed by atoms with Crippen molar-refractivity contribution in [3.8, 4) is 0 Å². The van der Waals surface area contributed by atoms with Crippen molar-refractivity contribution in [2.45, 2.75) is 32.8 Å². The Balaban J connectivity index is 2.29. The Bertz CT molecular complexity index is 723. The first-order valence-electron chi connectivity index (χ1n) is 7.87. The molecule has 2 rings (SSSR count). The first-order valence-corrected chi connectivity index (χ1v) is 7.87. The van der Waals surface area contributed by atoms with E-state index >= 15 is 0 Å². The third kappa shape index (κ3) is 4.35. The van der Waals surface area contributed by atoms with Gasteiger partial charge in [0.15, 0.2) is 0 Å². The lowest BCUT2D eigenvalue weighted by Crippen LogP contribution is -2.39. The van der Waals surface area contributed by atoms with Gasteiger partial charge in [-0.15, -0.1) is 0 Å². The summed E-state index contributed by atoms with van der Waals surface area (Å²) < 4.78 is 38.2. The molecule has 0 unspecified atom stereocenters. The fraction of sp³-hybridized carbons (Fsp3) is 0.444. The standard InChI is InChI=1S/C18H21F2NO4/c1-18(2,3)25-17(23)21-9-5-6-11(10-21)12-7-8-13(19)14(15(12)20)16(22)24-4/h6-8H,5,9-10H2,1-4H3. The number of amides is 1. The van der Waals surface area contributed by atoms with Crippen molar-refractivity contribution in [1.82, 2.24) is 4.90 Å². The SMILES string of the molecule is COC(=O)c1c(F)ccc(C2=CCCN(C(=O)OC(C)(C)C)C2)c1F. The zero-order chi connectivity index (χ0) is 18.8. The van der Waals surface area contributed by atoms with E-state index in [1.807, 2.05) is 0 Å². The number of ether oxygens (including phenoxy) is 2. The number of rotatable bonds is 2. The Morgan fingerprint density at radius 3 is 2.48 bits per heavy atom. The highest BCUT2D eigenvalue weighted by atomic mass is 19.1. The maximum Gasteiger partial charge on any atom is 0.410 e. The zero-order valence-corrected chi connectivity index (χ0v) is 14.7. The molecule has 0 spiro atoms. The van der Waals surface area contributed by atoms with Crippen LogP contribution in [-0.2, 0) is 9.47 Å². The van der Waals surface area contributed by atoms with Gasteiger partial charge in [0, 0.05) is 18.7 Å². The summed E-state index contributed by atoms with van der Waals surface area (Å²) in [7, 11) is 1.05. The summed E-state index contributed by atoms with van der Waals surface area (Å²) in [5.74, 6) is -3.07. The number of methoxy groups -OCH3 is 1. The van der Waals surface area contributed by atoms with E-state index in [4.69, 9.17) is 4.74 Å². The molecule has 1 heterocycles. The summed E-state index contributed by atoms with van der Waals surface area (Å²) in [4.78, 5) is 25.3. The summed E-state index contributed by atoms with van der Waals surface area (Å²) in [5, 5.41) is 0. The molecular weight excluding hydrogens is 332 g/mol. The highest BCUT2D eigenvalue weighted by molar-refractivity contribution is 5.91. The summed E-state index contributed by atoms with van der Waals surface area (Å²) >= 11 is 0. The summed E-state index contributed by atoms with van der Waals surface area (Å²) in [6.45, 7) is 5.82. The van der Waals surface area contributed by atoms with Crippen LogP contribution in [0.5, 0.6) is 0 Å². The quantitative estimate of drug-likeness (QED) is 0.760. The van der Waals surface area contributed by atoms with Gasteiger partial charge in [-0.3, -0.25) is 0 Å². The van der Waals surface area contributed by atoms with Gasteiger partial charge in [-0.2, -0.15) is 0 Å². The molecule has 0 atom stereocenters. The molecule has 0 saturated heterocycles.